The van der Waals surface area contributed by atoms with Gasteiger partial charge in [0.15, 0.2) is 0 Å². The standard InChI is InChI=1S/C14H26N4S/c1-11-10-19-13(16-11)9-12(17-15)14(18(2)3)7-5-4-6-8-14/h10,12,17H,4-9,15H2,1-3H3. The molecule has 1 aromatic rings. The number of rotatable bonds is 5. The lowest BCUT2D eigenvalue weighted by molar-refractivity contribution is 0.0568. The number of likely N-dealkylation sites (N-methyl/N-ethyl adjacent to an activating group) is 1. The number of aryl methyl sites for hydroxylation is 1. The van der Waals surface area contributed by atoms with Crippen LogP contribution in [0.25, 0.3) is 0 Å². The number of nitrogens with one attached hydrogen (secondary N) is 1. The number of nitrogens with two attached hydrogens (primary N) is 1. The third kappa shape index (κ3) is 3.16. The van der Waals surface area contributed by atoms with Crippen molar-refractivity contribution in [2.75, 3.05) is 14.1 Å². The zero-order valence-electron chi connectivity index (χ0n) is 12.3. The molecule has 0 saturated heterocycles. The van der Waals surface area contributed by atoms with Crippen LogP contribution in [0.5, 0.6) is 0 Å². The quantitative estimate of drug-likeness (QED) is 0.641. The summed E-state index contributed by atoms with van der Waals surface area (Å²) in [5.74, 6) is 5.88. The molecule has 1 aliphatic carbocycles. The molecule has 108 valence electrons. The van der Waals surface area contributed by atoms with Crippen LogP contribution in [0.15, 0.2) is 5.38 Å². The van der Waals surface area contributed by atoms with Crippen LogP contribution in [0, 0.1) is 6.92 Å². The van der Waals surface area contributed by atoms with Crippen LogP contribution in [-0.2, 0) is 6.42 Å². The summed E-state index contributed by atoms with van der Waals surface area (Å²) in [6.45, 7) is 2.05. The maximum Gasteiger partial charge on any atom is 0.0944 e. The molecule has 1 heterocycles. The van der Waals surface area contributed by atoms with Gasteiger partial charge >= 0.3 is 0 Å². The molecule has 4 nitrogen and oxygen atoms in total. The Morgan fingerprint density at radius 1 is 1.42 bits per heavy atom. The summed E-state index contributed by atoms with van der Waals surface area (Å²) >= 11 is 1.74. The summed E-state index contributed by atoms with van der Waals surface area (Å²) in [7, 11) is 4.37. The number of hydrazine groups is 1. The van der Waals surface area contributed by atoms with E-state index in [1.165, 1.54) is 37.1 Å². The molecule has 0 aliphatic heterocycles. The van der Waals surface area contributed by atoms with E-state index in [2.05, 4.69) is 34.8 Å². The Balaban J connectivity index is 2.17. The molecule has 1 saturated carbocycles. The van der Waals surface area contributed by atoms with Crippen LogP contribution < -0.4 is 11.3 Å². The molecule has 19 heavy (non-hydrogen) atoms. The van der Waals surface area contributed by atoms with Gasteiger partial charge in [0.25, 0.3) is 0 Å². The van der Waals surface area contributed by atoms with E-state index in [1.54, 1.807) is 11.3 Å². The number of nitrogens with zero attached hydrogens (tertiary/aromatic N) is 2. The van der Waals surface area contributed by atoms with Gasteiger partial charge in [-0.25, -0.2) is 4.98 Å². The highest BCUT2D eigenvalue weighted by molar-refractivity contribution is 7.09. The molecule has 1 aromatic heterocycles. The van der Waals surface area contributed by atoms with Crippen molar-refractivity contribution in [3.63, 3.8) is 0 Å². The second kappa shape index (κ2) is 6.31. The van der Waals surface area contributed by atoms with E-state index in [-0.39, 0.29) is 11.6 Å². The second-order valence-electron chi connectivity index (χ2n) is 5.86. The van der Waals surface area contributed by atoms with Crippen LogP contribution in [0.2, 0.25) is 0 Å². The molecule has 0 spiro atoms. The minimum absolute atomic E-state index is 0.173. The van der Waals surface area contributed by atoms with E-state index in [0.29, 0.717) is 0 Å². The van der Waals surface area contributed by atoms with Crippen molar-refractivity contribution in [2.45, 2.75) is 57.0 Å². The zero-order chi connectivity index (χ0) is 13.9. The van der Waals surface area contributed by atoms with Crippen LogP contribution in [0.1, 0.15) is 42.8 Å². The predicted octanol–water partition coefficient (Wildman–Crippen LogP) is 2.09. The molecule has 5 heteroatoms. The Labute approximate surface area is 120 Å². The number of hydrogen-bond donors (Lipinski definition) is 2. The van der Waals surface area contributed by atoms with Gasteiger partial charge in [-0.3, -0.25) is 11.3 Å². The van der Waals surface area contributed by atoms with Crippen molar-refractivity contribution in [3.05, 3.63) is 16.1 Å². The van der Waals surface area contributed by atoms with Gasteiger partial charge < -0.3 is 4.90 Å². The van der Waals surface area contributed by atoms with Crippen molar-refractivity contribution in [1.29, 1.82) is 0 Å². The Morgan fingerprint density at radius 2 is 2.11 bits per heavy atom. The molecule has 0 amide bonds. The fourth-order valence-electron chi connectivity index (χ4n) is 3.35. The summed E-state index contributed by atoms with van der Waals surface area (Å²) in [6, 6.07) is 0.272. The smallest absolute Gasteiger partial charge is 0.0944 e. The van der Waals surface area contributed by atoms with Gasteiger partial charge in [0.1, 0.15) is 0 Å². The van der Waals surface area contributed by atoms with Crippen molar-refractivity contribution in [2.24, 2.45) is 5.84 Å². The van der Waals surface area contributed by atoms with E-state index >= 15 is 0 Å². The average Bonchev–Trinajstić information content (AvgIpc) is 2.82. The van der Waals surface area contributed by atoms with Crippen molar-refractivity contribution < 1.29 is 0 Å². The summed E-state index contributed by atoms with van der Waals surface area (Å²) in [4.78, 5) is 6.96. The average molecular weight is 282 g/mol. The summed E-state index contributed by atoms with van der Waals surface area (Å²) in [5, 5.41) is 3.30. The monoisotopic (exact) mass is 282 g/mol. The van der Waals surface area contributed by atoms with E-state index in [4.69, 9.17) is 5.84 Å². The summed E-state index contributed by atoms with van der Waals surface area (Å²) < 4.78 is 0. The van der Waals surface area contributed by atoms with Crippen LogP contribution in [0.3, 0.4) is 0 Å². The third-order valence-corrected chi connectivity index (χ3v) is 5.49. The van der Waals surface area contributed by atoms with Gasteiger partial charge in [-0.05, 0) is 33.9 Å². The number of aromatic nitrogens is 1. The highest BCUT2D eigenvalue weighted by atomic mass is 32.1. The van der Waals surface area contributed by atoms with Gasteiger partial charge in [-0.2, -0.15) is 0 Å². The highest BCUT2D eigenvalue weighted by Gasteiger charge is 2.41. The van der Waals surface area contributed by atoms with E-state index in [0.717, 1.165) is 12.1 Å². The SMILES string of the molecule is Cc1csc(CC(NN)C2(N(C)C)CCCCC2)n1. The lowest BCUT2D eigenvalue weighted by Gasteiger charge is -2.48. The fourth-order valence-corrected chi connectivity index (χ4v) is 4.17. The first-order valence-electron chi connectivity index (χ1n) is 7.13. The normalized spacial score (nSPS) is 20.7. The van der Waals surface area contributed by atoms with Gasteiger partial charge in [0.2, 0.25) is 0 Å². The maximum absolute atomic E-state index is 5.88. The minimum Gasteiger partial charge on any atom is -0.302 e. The van der Waals surface area contributed by atoms with Gasteiger partial charge in [-0.15, -0.1) is 11.3 Å². The highest BCUT2D eigenvalue weighted by Crippen LogP contribution is 2.36. The first-order chi connectivity index (χ1) is 9.08. The Hall–Kier alpha value is -0.490. The first-order valence-corrected chi connectivity index (χ1v) is 8.01. The predicted molar refractivity (Wildman–Crippen MR) is 81.2 cm³/mol. The zero-order valence-corrected chi connectivity index (χ0v) is 13.1. The molecule has 1 aliphatic rings. The number of hydrogen-bond acceptors (Lipinski definition) is 5. The molecule has 3 N–H and O–H groups in total. The van der Waals surface area contributed by atoms with Gasteiger partial charge in [-0.1, -0.05) is 19.3 Å². The molecular weight excluding hydrogens is 256 g/mol. The van der Waals surface area contributed by atoms with Crippen LogP contribution in [0.4, 0.5) is 0 Å². The van der Waals surface area contributed by atoms with E-state index < -0.39 is 0 Å². The van der Waals surface area contributed by atoms with E-state index in [9.17, 15) is 0 Å². The van der Waals surface area contributed by atoms with Crippen molar-refractivity contribution >= 4 is 11.3 Å². The largest absolute Gasteiger partial charge is 0.302 e. The van der Waals surface area contributed by atoms with Crippen LogP contribution in [-0.4, -0.2) is 35.6 Å². The molecule has 1 unspecified atom stereocenters. The first kappa shape index (κ1) is 14.9. The van der Waals surface area contributed by atoms with Gasteiger partial charge in [0, 0.05) is 29.1 Å². The third-order valence-electron chi connectivity index (χ3n) is 4.51. The Morgan fingerprint density at radius 3 is 2.58 bits per heavy atom. The fraction of sp³-hybridized carbons (Fsp3) is 0.786. The molecule has 1 fully saturated rings. The van der Waals surface area contributed by atoms with Gasteiger partial charge in [0.05, 0.1) is 5.01 Å². The lowest BCUT2D eigenvalue weighted by atomic mass is 9.74. The van der Waals surface area contributed by atoms with Crippen molar-refractivity contribution in [3.8, 4) is 0 Å². The molecule has 0 bridgehead atoms. The molecule has 2 rings (SSSR count). The Kier molecular flexibility index (Phi) is 4.95. The molecule has 0 aromatic carbocycles. The Bertz CT molecular complexity index is 396. The molecular formula is C14H26N4S. The maximum atomic E-state index is 5.88. The van der Waals surface area contributed by atoms with Crippen molar-refractivity contribution in [1.82, 2.24) is 15.3 Å². The summed E-state index contributed by atoms with van der Waals surface area (Å²) in [6.07, 6.45) is 7.31. The second-order valence-corrected chi connectivity index (χ2v) is 6.81. The lowest BCUT2D eigenvalue weighted by Crippen LogP contribution is -2.62. The molecule has 0 radical (unpaired) electrons. The van der Waals surface area contributed by atoms with E-state index in [1.807, 2.05) is 6.92 Å². The molecule has 1 atom stereocenters. The van der Waals surface area contributed by atoms with Crippen LogP contribution >= 0.6 is 11.3 Å². The number of thiazole rings is 1. The summed E-state index contributed by atoms with van der Waals surface area (Å²) in [5.41, 5.74) is 4.36. The minimum atomic E-state index is 0.173. The topological polar surface area (TPSA) is 54.2 Å².